The van der Waals surface area contributed by atoms with Gasteiger partial charge in [-0.25, -0.2) is 19.3 Å². The second-order valence-corrected chi connectivity index (χ2v) is 5.79. The van der Waals surface area contributed by atoms with Crippen molar-refractivity contribution in [2.75, 3.05) is 0 Å². The van der Waals surface area contributed by atoms with Crippen LogP contribution >= 0.6 is 0 Å². The van der Waals surface area contributed by atoms with Crippen molar-refractivity contribution in [3.63, 3.8) is 0 Å². The molecule has 120 valence electrons. The highest BCUT2D eigenvalue weighted by atomic mass is 19.1. The van der Waals surface area contributed by atoms with E-state index in [-0.39, 0.29) is 11.9 Å². The molecule has 0 saturated heterocycles. The van der Waals surface area contributed by atoms with Crippen LogP contribution in [0.4, 0.5) is 4.39 Å². The molecule has 3 heterocycles. The molecular formula is C17H15FN6. The summed E-state index contributed by atoms with van der Waals surface area (Å²) in [5.41, 5.74) is 4.47. The second-order valence-electron chi connectivity index (χ2n) is 5.79. The molecule has 3 aromatic heterocycles. The molecule has 0 aliphatic heterocycles. The standard InChI is InChI=1S/C17H15FN6/c1-10(2)24-7-13(14(23-24)11-3-5-12(18)6-4-11)15-16-17(21-8-19-15)22-9-20-16/h3-10H,1-2H3,(H,19,20,21,22). The molecule has 4 rings (SSSR count). The molecule has 0 radical (unpaired) electrons. The molecular weight excluding hydrogens is 307 g/mol. The summed E-state index contributed by atoms with van der Waals surface area (Å²) < 4.78 is 15.1. The smallest absolute Gasteiger partial charge is 0.161 e. The molecule has 0 aliphatic rings. The summed E-state index contributed by atoms with van der Waals surface area (Å²) in [6.45, 7) is 4.10. The third-order valence-electron chi connectivity index (χ3n) is 3.85. The van der Waals surface area contributed by atoms with Gasteiger partial charge in [0, 0.05) is 23.4 Å². The van der Waals surface area contributed by atoms with Crippen LogP contribution in [0.3, 0.4) is 0 Å². The lowest BCUT2D eigenvalue weighted by atomic mass is 10.1. The van der Waals surface area contributed by atoms with Gasteiger partial charge in [-0.2, -0.15) is 5.10 Å². The van der Waals surface area contributed by atoms with Gasteiger partial charge in [-0.15, -0.1) is 0 Å². The molecule has 4 aromatic rings. The van der Waals surface area contributed by atoms with Crippen molar-refractivity contribution in [1.29, 1.82) is 0 Å². The summed E-state index contributed by atoms with van der Waals surface area (Å²) in [5.74, 6) is -0.277. The van der Waals surface area contributed by atoms with Gasteiger partial charge >= 0.3 is 0 Å². The van der Waals surface area contributed by atoms with Gasteiger partial charge in [-0.05, 0) is 38.1 Å². The minimum atomic E-state index is -0.277. The lowest BCUT2D eigenvalue weighted by Crippen LogP contribution is -2.00. The molecule has 0 unspecified atom stereocenters. The summed E-state index contributed by atoms with van der Waals surface area (Å²) in [7, 11) is 0. The summed E-state index contributed by atoms with van der Waals surface area (Å²) in [4.78, 5) is 15.9. The Morgan fingerprint density at radius 3 is 2.58 bits per heavy atom. The third kappa shape index (κ3) is 2.34. The number of aromatic amines is 1. The molecule has 0 spiro atoms. The number of benzene rings is 1. The number of rotatable bonds is 3. The normalized spacial score (nSPS) is 11.5. The first-order chi connectivity index (χ1) is 11.6. The minimum Gasteiger partial charge on any atom is -0.329 e. The van der Waals surface area contributed by atoms with E-state index in [9.17, 15) is 4.39 Å². The van der Waals surface area contributed by atoms with Crippen molar-refractivity contribution in [2.45, 2.75) is 19.9 Å². The largest absolute Gasteiger partial charge is 0.329 e. The number of hydrogen-bond donors (Lipinski definition) is 1. The van der Waals surface area contributed by atoms with E-state index in [1.54, 1.807) is 18.5 Å². The minimum absolute atomic E-state index is 0.189. The Bertz CT molecular complexity index is 1000. The molecule has 1 N–H and O–H groups in total. The van der Waals surface area contributed by atoms with E-state index in [0.717, 1.165) is 16.8 Å². The number of fused-ring (bicyclic) bond motifs is 1. The van der Waals surface area contributed by atoms with Gasteiger partial charge < -0.3 is 4.98 Å². The van der Waals surface area contributed by atoms with Crippen LogP contribution in [0.15, 0.2) is 43.1 Å². The molecule has 1 aromatic carbocycles. The van der Waals surface area contributed by atoms with E-state index in [2.05, 4.69) is 38.9 Å². The topological polar surface area (TPSA) is 72.3 Å². The zero-order chi connectivity index (χ0) is 16.7. The molecule has 0 fully saturated rings. The number of H-pyrrole nitrogens is 1. The van der Waals surface area contributed by atoms with Crippen LogP contribution < -0.4 is 0 Å². The Kier molecular flexibility index (Phi) is 3.34. The lowest BCUT2D eigenvalue weighted by Gasteiger charge is -2.03. The number of imidazole rings is 1. The predicted octanol–water partition coefficient (Wildman–Crippen LogP) is 3.60. The summed E-state index contributed by atoms with van der Waals surface area (Å²) in [6.07, 6.45) is 5.03. The summed E-state index contributed by atoms with van der Waals surface area (Å²) >= 11 is 0. The molecule has 0 amide bonds. The summed E-state index contributed by atoms with van der Waals surface area (Å²) in [5, 5.41) is 4.67. The van der Waals surface area contributed by atoms with Gasteiger partial charge in [-0.1, -0.05) is 0 Å². The van der Waals surface area contributed by atoms with Crippen molar-refractivity contribution >= 4 is 11.2 Å². The van der Waals surface area contributed by atoms with E-state index in [1.807, 2.05) is 10.9 Å². The molecule has 0 bridgehead atoms. The van der Waals surface area contributed by atoms with Crippen molar-refractivity contribution in [2.24, 2.45) is 0 Å². The highest BCUT2D eigenvalue weighted by Gasteiger charge is 2.19. The maximum Gasteiger partial charge on any atom is 0.161 e. The van der Waals surface area contributed by atoms with Crippen LogP contribution in [0.5, 0.6) is 0 Å². The van der Waals surface area contributed by atoms with Crippen LogP contribution in [-0.4, -0.2) is 29.7 Å². The van der Waals surface area contributed by atoms with Crippen molar-refractivity contribution in [1.82, 2.24) is 29.7 Å². The molecule has 6 nitrogen and oxygen atoms in total. The van der Waals surface area contributed by atoms with E-state index < -0.39 is 0 Å². The zero-order valence-corrected chi connectivity index (χ0v) is 13.2. The summed E-state index contributed by atoms with van der Waals surface area (Å²) in [6, 6.07) is 6.48. The van der Waals surface area contributed by atoms with Crippen molar-refractivity contribution in [3.05, 3.63) is 48.9 Å². The predicted molar refractivity (Wildman–Crippen MR) is 88.7 cm³/mol. The van der Waals surface area contributed by atoms with Gasteiger partial charge in [0.2, 0.25) is 0 Å². The lowest BCUT2D eigenvalue weighted by molar-refractivity contribution is 0.534. The van der Waals surface area contributed by atoms with Gasteiger partial charge in [0.05, 0.1) is 6.33 Å². The van der Waals surface area contributed by atoms with E-state index >= 15 is 0 Å². The highest BCUT2D eigenvalue weighted by Crippen LogP contribution is 2.33. The Morgan fingerprint density at radius 2 is 1.83 bits per heavy atom. The van der Waals surface area contributed by atoms with E-state index in [0.29, 0.717) is 16.9 Å². The molecule has 0 aliphatic carbocycles. The van der Waals surface area contributed by atoms with Crippen molar-refractivity contribution < 1.29 is 4.39 Å². The van der Waals surface area contributed by atoms with Gasteiger partial charge in [0.1, 0.15) is 29.0 Å². The van der Waals surface area contributed by atoms with Crippen LogP contribution in [0, 0.1) is 5.82 Å². The number of halogens is 1. The number of aromatic nitrogens is 6. The maximum atomic E-state index is 13.3. The molecule has 0 saturated carbocycles. The van der Waals surface area contributed by atoms with E-state index in [1.165, 1.54) is 18.5 Å². The van der Waals surface area contributed by atoms with Crippen LogP contribution in [0.2, 0.25) is 0 Å². The van der Waals surface area contributed by atoms with E-state index in [4.69, 9.17) is 0 Å². The molecule has 0 atom stereocenters. The fourth-order valence-electron chi connectivity index (χ4n) is 2.61. The van der Waals surface area contributed by atoms with Gasteiger partial charge in [-0.3, -0.25) is 4.68 Å². The average molecular weight is 322 g/mol. The fourth-order valence-corrected chi connectivity index (χ4v) is 2.61. The first-order valence-corrected chi connectivity index (χ1v) is 7.63. The van der Waals surface area contributed by atoms with Crippen LogP contribution in [-0.2, 0) is 0 Å². The Balaban J connectivity index is 1.97. The fraction of sp³-hybridized carbons (Fsp3) is 0.176. The SMILES string of the molecule is CC(C)n1cc(-c2ncnc3[nH]cnc23)c(-c2ccc(F)cc2)n1. The Morgan fingerprint density at radius 1 is 1.04 bits per heavy atom. The monoisotopic (exact) mass is 322 g/mol. The first kappa shape index (κ1) is 14.5. The Hall–Kier alpha value is -3.09. The molecule has 24 heavy (non-hydrogen) atoms. The number of nitrogens with one attached hydrogen (secondary N) is 1. The van der Waals surface area contributed by atoms with Gasteiger partial charge in [0.15, 0.2) is 5.65 Å². The maximum absolute atomic E-state index is 13.3. The average Bonchev–Trinajstić information content (AvgIpc) is 3.22. The van der Waals surface area contributed by atoms with Crippen LogP contribution in [0.25, 0.3) is 33.7 Å². The number of nitrogens with zero attached hydrogens (tertiary/aromatic N) is 5. The Labute approximate surface area is 137 Å². The third-order valence-corrected chi connectivity index (χ3v) is 3.85. The van der Waals surface area contributed by atoms with Crippen molar-refractivity contribution in [3.8, 4) is 22.5 Å². The quantitative estimate of drug-likeness (QED) is 0.625. The zero-order valence-electron chi connectivity index (χ0n) is 13.2. The first-order valence-electron chi connectivity index (χ1n) is 7.63. The van der Waals surface area contributed by atoms with Crippen LogP contribution in [0.1, 0.15) is 19.9 Å². The number of hydrogen-bond acceptors (Lipinski definition) is 4. The second kappa shape index (κ2) is 5.52. The molecule has 7 heteroatoms. The van der Waals surface area contributed by atoms with Gasteiger partial charge in [0.25, 0.3) is 0 Å². The highest BCUT2D eigenvalue weighted by molar-refractivity contribution is 5.91.